The number of thioether (sulfide) groups is 1. The van der Waals surface area contributed by atoms with Gasteiger partial charge in [0.15, 0.2) is 0 Å². The number of hydrogen-bond acceptors (Lipinski definition) is 5. The molecule has 1 fully saturated rings. The largest absolute Gasteiger partial charge is 0.350 e. The van der Waals surface area contributed by atoms with E-state index in [1.807, 2.05) is 24.4 Å². The summed E-state index contributed by atoms with van der Waals surface area (Å²) < 4.78 is 0. The highest BCUT2D eigenvalue weighted by Crippen LogP contribution is 2.28. The number of thiophene rings is 1. The molecule has 0 spiro atoms. The number of aromatic amines is 1. The summed E-state index contributed by atoms with van der Waals surface area (Å²) >= 11 is 3.05. The Balaban J connectivity index is 1.42. The van der Waals surface area contributed by atoms with Gasteiger partial charge in [0.05, 0.1) is 11.8 Å². The summed E-state index contributed by atoms with van der Waals surface area (Å²) in [7, 11) is 0. The SMILES string of the molecule is CC(Sc1n[nH]c(CCC2CCCC2)n1)C(=O)NCc1cccs1. The Morgan fingerprint density at radius 3 is 3.08 bits per heavy atom. The molecule has 130 valence electrons. The number of carbonyl (C=O) groups is 1. The van der Waals surface area contributed by atoms with Crippen molar-refractivity contribution in [2.45, 2.75) is 62.4 Å². The minimum absolute atomic E-state index is 0.0192. The summed E-state index contributed by atoms with van der Waals surface area (Å²) in [4.78, 5) is 17.8. The summed E-state index contributed by atoms with van der Waals surface area (Å²) in [5, 5.41) is 12.7. The van der Waals surface area contributed by atoms with Crippen LogP contribution in [0.2, 0.25) is 0 Å². The summed E-state index contributed by atoms with van der Waals surface area (Å²) in [6.07, 6.45) is 7.61. The van der Waals surface area contributed by atoms with E-state index in [2.05, 4.69) is 20.5 Å². The van der Waals surface area contributed by atoms with Gasteiger partial charge in [-0.05, 0) is 30.7 Å². The second-order valence-electron chi connectivity index (χ2n) is 6.31. The zero-order chi connectivity index (χ0) is 16.8. The highest BCUT2D eigenvalue weighted by atomic mass is 32.2. The molecule has 2 N–H and O–H groups in total. The van der Waals surface area contributed by atoms with Crippen molar-refractivity contribution < 1.29 is 4.79 Å². The highest BCUT2D eigenvalue weighted by molar-refractivity contribution is 8.00. The molecule has 0 aliphatic heterocycles. The Morgan fingerprint density at radius 2 is 2.33 bits per heavy atom. The number of rotatable bonds is 8. The Morgan fingerprint density at radius 1 is 1.50 bits per heavy atom. The van der Waals surface area contributed by atoms with Gasteiger partial charge in [0.1, 0.15) is 5.82 Å². The zero-order valence-electron chi connectivity index (χ0n) is 14.0. The molecule has 1 saturated carbocycles. The molecule has 1 aliphatic carbocycles. The first-order chi connectivity index (χ1) is 11.7. The number of aromatic nitrogens is 3. The molecule has 3 rings (SSSR count). The molecule has 5 nitrogen and oxygen atoms in total. The van der Waals surface area contributed by atoms with Crippen LogP contribution in [0, 0.1) is 5.92 Å². The Bertz CT molecular complexity index is 635. The molecule has 2 aromatic rings. The van der Waals surface area contributed by atoms with Gasteiger partial charge in [-0.3, -0.25) is 9.89 Å². The predicted octanol–water partition coefficient (Wildman–Crippen LogP) is 3.79. The van der Waals surface area contributed by atoms with Crippen molar-refractivity contribution in [2.75, 3.05) is 0 Å². The summed E-state index contributed by atoms with van der Waals surface area (Å²) in [6.45, 7) is 2.48. The molecule has 0 radical (unpaired) electrons. The summed E-state index contributed by atoms with van der Waals surface area (Å²) in [5.74, 6) is 1.81. The molecule has 0 bridgehead atoms. The van der Waals surface area contributed by atoms with E-state index in [1.54, 1.807) is 11.3 Å². The van der Waals surface area contributed by atoms with E-state index in [0.29, 0.717) is 11.7 Å². The van der Waals surface area contributed by atoms with Crippen LogP contribution in [0.3, 0.4) is 0 Å². The molecule has 24 heavy (non-hydrogen) atoms. The maximum absolute atomic E-state index is 12.2. The molecule has 1 amide bonds. The Hall–Kier alpha value is -1.34. The van der Waals surface area contributed by atoms with Crippen LogP contribution in [-0.4, -0.2) is 26.3 Å². The van der Waals surface area contributed by atoms with Gasteiger partial charge in [-0.2, -0.15) is 0 Å². The predicted molar refractivity (Wildman–Crippen MR) is 98.1 cm³/mol. The van der Waals surface area contributed by atoms with Crippen molar-refractivity contribution in [2.24, 2.45) is 5.92 Å². The normalized spacial score (nSPS) is 16.4. The van der Waals surface area contributed by atoms with Gasteiger partial charge in [-0.15, -0.1) is 16.4 Å². The van der Waals surface area contributed by atoms with Crippen molar-refractivity contribution in [3.05, 3.63) is 28.2 Å². The number of carbonyl (C=O) groups excluding carboxylic acids is 1. The van der Waals surface area contributed by atoms with Gasteiger partial charge in [0, 0.05) is 11.3 Å². The van der Waals surface area contributed by atoms with Crippen LogP contribution in [0.1, 0.15) is 49.7 Å². The first-order valence-corrected chi connectivity index (χ1v) is 10.3. The third-order valence-electron chi connectivity index (χ3n) is 4.44. The number of nitrogens with one attached hydrogen (secondary N) is 2. The molecule has 7 heteroatoms. The molecule has 0 saturated heterocycles. The molecule has 1 unspecified atom stereocenters. The summed E-state index contributed by atoms with van der Waals surface area (Å²) in [6, 6.07) is 4.01. The first kappa shape index (κ1) is 17.5. The maximum atomic E-state index is 12.2. The molecule has 2 heterocycles. The first-order valence-electron chi connectivity index (χ1n) is 8.58. The van der Waals surface area contributed by atoms with Crippen LogP contribution in [0.4, 0.5) is 0 Å². The van der Waals surface area contributed by atoms with Crippen LogP contribution in [0.5, 0.6) is 0 Å². The fraction of sp³-hybridized carbons (Fsp3) is 0.588. The van der Waals surface area contributed by atoms with Crippen molar-refractivity contribution in [3.63, 3.8) is 0 Å². The number of hydrogen-bond donors (Lipinski definition) is 2. The lowest BCUT2D eigenvalue weighted by atomic mass is 10.0. The van der Waals surface area contributed by atoms with Gasteiger partial charge in [-0.25, -0.2) is 4.98 Å². The third kappa shape index (κ3) is 5.08. The van der Waals surface area contributed by atoms with Crippen LogP contribution >= 0.6 is 23.1 Å². The van der Waals surface area contributed by atoms with E-state index in [-0.39, 0.29) is 11.2 Å². The molecular formula is C17H24N4OS2. The molecule has 1 atom stereocenters. The quantitative estimate of drug-likeness (QED) is 0.699. The fourth-order valence-electron chi connectivity index (χ4n) is 3.02. The minimum atomic E-state index is -0.205. The maximum Gasteiger partial charge on any atom is 0.233 e. The monoisotopic (exact) mass is 364 g/mol. The van der Waals surface area contributed by atoms with Crippen molar-refractivity contribution in [1.29, 1.82) is 0 Å². The van der Waals surface area contributed by atoms with Crippen molar-refractivity contribution in [1.82, 2.24) is 20.5 Å². The standard InChI is InChI=1S/C17H24N4OS2/c1-12(16(22)18-11-14-7-4-10-23-14)24-17-19-15(20-21-17)9-8-13-5-2-3-6-13/h4,7,10,12-13H,2-3,5-6,8-9,11H2,1H3,(H,18,22)(H,19,20,21). The van der Waals surface area contributed by atoms with E-state index in [4.69, 9.17) is 0 Å². The van der Waals surface area contributed by atoms with Crippen LogP contribution in [0.25, 0.3) is 0 Å². The Labute approximate surface area is 151 Å². The molecule has 2 aromatic heterocycles. The molecule has 0 aromatic carbocycles. The topological polar surface area (TPSA) is 70.7 Å². The Kier molecular flexibility index (Phi) is 6.31. The van der Waals surface area contributed by atoms with Gasteiger partial charge in [0.25, 0.3) is 0 Å². The van der Waals surface area contributed by atoms with Gasteiger partial charge in [-0.1, -0.05) is 43.5 Å². The smallest absolute Gasteiger partial charge is 0.233 e. The number of H-pyrrole nitrogens is 1. The second kappa shape index (κ2) is 8.67. The van der Waals surface area contributed by atoms with E-state index >= 15 is 0 Å². The fourth-order valence-corrected chi connectivity index (χ4v) is 4.44. The zero-order valence-corrected chi connectivity index (χ0v) is 15.6. The van der Waals surface area contributed by atoms with Crippen molar-refractivity contribution in [3.8, 4) is 0 Å². The second-order valence-corrected chi connectivity index (χ2v) is 8.65. The van der Waals surface area contributed by atoms with E-state index in [1.165, 1.54) is 43.9 Å². The molecular weight excluding hydrogens is 340 g/mol. The van der Waals surface area contributed by atoms with Crippen molar-refractivity contribution >= 4 is 29.0 Å². The molecule has 1 aliphatic rings. The average molecular weight is 365 g/mol. The van der Waals surface area contributed by atoms with Crippen LogP contribution in [0.15, 0.2) is 22.7 Å². The third-order valence-corrected chi connectivity index (χ3v) is 6.28. The lowest BCUT2D eigenvalue weighted by Crippen LogP contribution is -2.30. The average Bonchev–Trinajstić information content (AvgIpc) is 3.32. The van der Waals surface area contributed by atoms with E-state index < -0.39 is 0 Å². The van der Waals surface area contributed by atoms with E-state index in [9.17, 15) is 4.79 Å². The van der Waals surface area contributed by atoms with E-state index in [0.717, 1.165) is 23.0 Å². The number of aryl methyl sites for hydroxylation is 1. The number of nitrogens with zero attached hydrogens (tertiary/aromatic N) is 2. The van der Waals surface area contributed by atoms with Gasteiger partial charge >= 0.3 is 0 Å². The summed E-state index contributed by atoms with van der Waals surface area (Å²) in [5.41, 5.74) is 0. The lowest BCUT2D eigenvalue weighted by molar-refractivity contribution is -0.120. The minimum Gasteiger partial charge on any atom is -0.350 e. The number of amides is 1. The van der Waals surface area contributed by atoms with Gasteiger partial charge in [0.2, 0.25) is 11.1 Å². The van der Waals surface area contributed by atoms with Crippen LogP contribution < -0.4 is 5.32 Å². The van der Waals surface area contributed by atoms with Gasteiger partial charge < -0.3 is 5.32 Å². The lowest BCUT2D eigenvalue weighted by Gasteiger charge is -2.09. The highest BCUT2D eigenvalue weighted by Gasteiger charge is 2.18. The van der Waals surface area contributed by atoms with Crippen LogP contribution in [-0.2, 0) is 17.8 Å².